The highest BCUT2D eigenvalue weighted by molar-refractivity contribution is 5.94. The van der Waals surface area contributed by atoms with Crippen molar-refractivity contribution in [1.29, 1.82) is 0 Å². The number of β-amino-alcohol motifs (C(OH)–C–C–N with tert-alkyl or cyclic N) is 1. The van der Waals surface area contributed by atoms with Crippen LogP contribution in [0.2, 0.25) is 0 Å². The van der Waals surface area contributed by atoms with Gasteiger partial charge in [-0.3, -0.25) is 9.59 Å². The van der Waals surface area contributed by atoms with E-state index in [2.05, 4.69) is 25.3 Å². The Morgan fingerprint density at radius 2 is 2.04 bits per heavy atom. The van der Waals surface area contributed by atoms with Crippen LogP contribution in [-0.2, 0) is 10.3 Å². The van der Waals surface area contributed by atoms with Gasteiger partial charge in [-0.15, -0.1) is 0 Å². The maximum absolute atomic E-state index is 13.0. The maximum Gasteiger partial charge on any atom is 0.255 e. The fourth-order valence-corrected chi connectivity index (χ4v) is 4.26. The van der Waals surface area contributed by atoms with E-state index in [9.17, 15) is 14.7 Å². The third kappa shape index (κ3) is 3.80. The van der Waals surface area contributed by atoms with Crippen LogP contribution in [0.5, 0.6) is 0 Å². The van der Waals surface area contributed by atoms with Gasteiger partial charge in [0.2, 0.25) is 5.91 Å². The summed E-state index contributed by atoms with van der Waals surface area (Å²) in [6.45, 7) is 8.85. The lowest BCUT2D eigenvalue weighted by Crippen LogP contribution is -2.55. The van der Waals surface area contributed by atoms with E-state index in [1.54, 1.807) is 4.90 Å². The minimum atomic E-state index is -0.0455. The average Bonchev–Trinajstić information content (AvgIpc) is 3.08. The van der Waals surface area contributed by atoms with Crippen molar-refractivity contribution in [3.8, 4) is 0 Å². The van der Waals surface area contributed by atoms with Crippen LogP contribution in [0.4, 0.5) is 0 Å². The lowest BCUT2D eigenvalue weighted by molar-refractivity contribution is -0.139. The first-order valence-electron chi connectivity index (χ1n) is 9.61. The quantitative estimate of drug-likeness (QED) is 0.896. The number of hydrogen-bond donors (Lipinski definition) is 1. The lowest BCUT2D eigenvalue weighted by atomic mass is 9.73. The summed E-state index contributed by atoms with van der Waals surface area (Å²) in [6, 6.07) is 1.90. The van der Waals surface area contributed by atoms with Gasteiger partial charge in [0.15, 0.2) is 0 Å². The fraction of sp³-hybridized carbons (Fsp3) is 0.700. The van der Waals surface area contributed by atoms with E-state index >= 15 is 0 Å². The van der Waals surface area contributed by atoms with Crippen LogP contribution in [0.3, 0.4) is 0 Å². The van der Waals surface area contributed by atoms with Crippen LogP contribution >= 0.6 is 0 Å². The smallest absolute Gasteiger partial charge is 0.255 e. The zero-order chi connectivity index (χ0) is 18.9. The second-order valence-electron chi connectivity index (χ2n) is 8.85. The van der Waals surface area contributed by atoms with Gasteiger partial charge in [-0.25, -0.2) is 0 Å². The van der Waals surface area contributed by atoms with Gasteiger partial charge in [-0.1, -0.05) is 0 Å². The van der Waals surface area contributed by atoms with Crippen LogP contribution in [0, 0.1) is 5.41 Å². The standard InChI is InChI=1S/C20H31N3O3/c1-19(2,3)23-10-6-16(13-23)18(26)22-9-4-7-20(15-22)8-5-17(25)21(14-20)11-12-24/h6,10,13,24H,4-5,7-9,11-12,14-15H2,1-3H3. The van der Waals surface area contributed by atoms with Crippen molar-refractivity contribution < 1.29 is 14.7 Å². The first kappa shape index (κ1) is 19.0. The Hall–Kier alpha value is -1.82. The Bertz CT molecular complexity index is 676. The van der Waals surface area contributed by atoms with Crippen LogP contribution in [0.1, 0.15) is 56.8 Å². The number of aliphatic hydroxyl groups excluding tert-OH is 1. The third-order valence-corrected chi connectivity index (χ3v) is 5.78. The molecule has 1 unspecified atom stereocenters. The van der Waals surface area contributed by atoms with Crippen LogP contribution in [-0.4, -0.2) is 64.1 Å². The predicted molar refractivity (Wildman–Crippen MR) is 99.9 cm³/mol. The van der Waals surface area contributed by atoms with Crippen molar-refractivity contribution in [1.82, 2.24) is 14.4 Å². The number of hydrogen-bond acceptors (Lipinski definition) is 3. The Balaban J connectivity index is 1.73. The average molecular weight is 361 g/mol. The minimum absolute atomic E-state index is 0.00914. The molecule has 1 spiro atoms. The molecular weight excluding hydrogens is 330 g/mol. The van der Waals surface area contributed by atoms with E-state index in [-0.39, 0.29) is 29.4 Å². The van der Waals surface area contributed by atoms with E-state index in [0.717, 1.165) is 31.4 Å². The molecule has 6 nitrogen and oxygen atoms in total. The molecule has 2 fully saturated rings. The first-order valence-corrected chi connectivity index (χ1v) is 9.61. The van der Waals surface area contributed by atoms with Crippen molar-refractivity contribution in [3.63, 3.8) is 0 Å². The largest absolute Gasteiger partial charge is 0.395 e. The van der Waals surface area contributed by atoms with Gasteiger partial charge in [-0.05, 0) is 46.1 Å². The third-order valence-electron chi connectivity index (χ3n) is 5.78. The van der Waals surface area contributed by atoms with Crippen molar-refractivity contribution in [2.24, 2.45) is 5.41 Å². The van der Waals surface area contributed by atoms with Gasteiger partial charge in [0.25, 0.3) is 5.91 Å². The molecule has 3 heterocycles. The molecule has 0 radical (unpaired) electrons. The molecule has 1 N–H and O–H groups in total. The van der Waals surface area contributed by atoms with Crippen LogP contribution in [0.25, 0.3) is 0 Å². The summed E-state index contributed by atoms with van der Waals surface area (Å²) in [4.78, 5) is 28.8. The summed E-state index contributed by atoms with van der Waals surface area (Å²) in [5.41, 5.74) is 0.663. The van der Waals surface area contributed by atoms with Gasteiger partial charge in [0.05, 0.1) is 12.2 Å². The number of amides is 2. The molecule has 1 aromatic rings. The second-order valence-corrected chi connectivity index (χ2v) is 8.85. The molecule has 2 amide bonds. The van der Waals surface area contributed by atoms with E-state index in [0.29, 0.717) is 26.1 Å². The molecule has 6 heteroatoms. The van der Waals surface area contributed by atoms with Crippen LogP contribution in [0.15, 0.2) is 18.5 Å². The molecular formula is C20H31N3O3. The molecule has 144 valence electrons. The Morgan fingerprint density at radius 3 is 2.69 bits per heavy atom. The predicted octanol–water partition coefficient (Wildman–Crippen LogP) is 2.08. The van der Waals surface area contributed by atoms with Gasteiger partial charge in [0, 0.05) is 55.9 Å². The molecule has 2 aliphatic rings. The minimum Gasteiger partial charge on any atom is -0.395 e. The van der Waals surface area contributed by atoms with Crippen molar-refractivity contribution in [2.45, 2.75) is 52.0 Å². The molecule has 0 aromatic carbocycles. The number of aromatic nitrogens is 1. The summed E-state index contributed by atoms with van der Waals surface area (Å²) < 4.78 is 2.07. The molecule has 0 saturated carbocycles. The van der Waals surface area contributed by atoms with E-state index in [1.807, 2.05) is 23.4 Å². The summed E-state index contributed by atoms with van der Waals surface area (Å²) in [7, 11) is 0. The molecule has 1 atom stereocenters. The number of rotatable bonds is 3. The van der Waals surface area contributed by atoms with Gasteiger partial charge < -0.3 is 19.5 Å². The van der Waals surface area contributed by atoms with Gasteiger partial charge >= 0.3 is 0 Å². The van der Waals surface area contributed by atoms with Gasteiger partial charge in [0.1, 0.15) is 0 Å². The molecule has 2 aliphatic heterocycles. The van der Waals surface area contributed by atoms with Crippen LogP contribution < -0.4 is 0 Å². The first-order chi connectivity index (χ1) is 12.2. The number of aliphatic hydroxyl groups is 1. The monoisotopic (exact) mass is 361 g/mol. The molecule has 0 bridgehead atoms. The molecule has 26 heavy (non-hydrogen) atoms. The summed E-state index contributed by atoms with van der Waals surface area (Å²) in [5.74, 6) is 0.202. The number of likely N-dealkylation sites (tertiary alicyclic amines) is 2. The number of nitrogens with zero attached hydrogens (tertiary/aromatic N) is 3. The van der Waals surface area contributed by atoms with Gasteiger partial charge in [-0.2, -0.15) is 0 Å². The van der Waals surface area contributed by atoms with E-state index in [4.69, 9.17) is 0 Å². The number of carbonyl (C=O) groups excluding carboxylic acids is 2. The zero-order valence-electron chi connectivity index (χ0n) is 16.2. The normalized spacial score (nSPS) is 24.4. The number of carbonyl (C=O) groups is 2. The van der Waals surface area contributed by atoms with Crippen molar-refractivity contribution in [2.75, 3.05) is 32.8 Å². The molecule has 0 aliphatic carbocycles. The van der Waals surface area contributed by atoms with Crippen molar-refractivity contribution >= 4 is 11.8 Å². The second kappa shape index (κ2) is 7.06. The summed E-state index contributed by atoms with van der Waals surface area (Å²) in [5, 5.41) is 9.22. The molecule has 1 aromatic heterocycles. The highest BCUT2D eigenvalue weighted by atomic mass is 16.3. The molecule has 2 saturated heterocycles. The highest BCUT2D eigenvalue weighted by Crippen LogP contribution is 2.39. The Morgan fingerprint density at radius 1 is 1.27 bits per heavy atom. The maximum atomic E-state index is 13.0. The van der Waals surface area contributed by atoms with E-state index in [1.165, 1.54) is 0 Å². The fourth-order valence-electron chi connectivity index (χ4n) is 4.26. The molecule has 3 rings (SSSR count). The SMILES string of the molecule is CC(C)(C)n1ccc(C(=O)N2CCCC3(CCC(=O)N(CCO)C3)C2)c1. The Labute approximate surface area is 155 Å². The highest BCUT2D eigenvalue weighted by Gasteiger charge is 2.42. The number of piperidine rings is 2. The topological polar surface area (TPSA) is 65.8 Å². The Kier molecular flexibility index (Phi) is 5.15. The lowest BCUT2D eigenvalue weighted by Gasteiger charge is -2.48. The zero-order valence-corrected chi connectivity index (χ0v) is 16.2. The van der Waals surface area contributed by atoms with Crippen molar-refractivity contribution in [3.05, 3.63) is 24.0 Å². The summed E-state index contributed by atoms with van der Waals surface area (Å²) in [6.07, 6.45) is 7.26. The van der Waals surface area contributed by atoms with E-state index < -0.39 is 0 Å². The summed E-state index contributed by atoms with van der Waals surface area (Å²) >= 11 is 0.